The normalized spacial score (nSPS) is 11.7. The third-order valence-corrected chi connectivity index (χ3v) is 3.82. The molecule has 7 heteroatoms. The minimum atomic E-state index is -4.50. The molecule has 0 spiro atoms. The monoisotopic (exact) mass is 417 g/mol. The van der Waals surface area contributed by atoms with Crippen molar-refractivity contribution in [2.45, 2.75) is 6.18 Å². The van der Waals surface area contributed by atoms with Crippen LogP contribution >= 0.6 is 45.8 Å². The first-order valence-corrected chi connectivity index (χ1v) is 6.81. The summed E-state index contributed by atoms with van der Waals surface area (Å²) >= 11 is 13.3. The van der Waals surface area contributed by atoms with Crippen LogP contribution in [-0.2, 0) is 6.18 Å². The van der Waals surface area contributed by atoms with Crippen LogP contribution in [0.4, 0.5) is 13.2 Å². The van der Waals surface area contributed by atoms with Gasteiger partial charge in [-0.2, -0.15) is 13.2 Å². The van der Waals surface area contributed by atoms with Crippen LogP contribution in [-0.4, -0.2) is 4.98 Å². The molecule has 2 aromatic rings. The van der Waals surface area contributed by atoms with Crippen molar-refractivity contribution in [3.8, 4) is 11.3 Å². The SMILES string of the molecule is FC(F)(F)c1c(I)ccnc1-c1ccc(Cl)cc1Cl. The highest BCUT2D eigenvalue weighted by Gasteiger charge is 2.37. The van der Waals surface area contributed by atoms with Gasteiger partial charge in [-0.05, 0) is 46.9 Å². The molecule has 0 saturated heterocycles. The van der Waals surface area contributed by atoms with E-state index in [1.807, 2.05) is 0 Å². The van der Waals surface area contributed by atoms with Crippen molar-refractivity contribution in [3.63, 3.8) is 0 Å². The van der Waals surface area contributed by atoms with Crippen molar-refractivity contribution in [2.24, 2.45) is 0 Å². The van der Waals surface area contributed by atoms with Gasteiger partial charge in [-0.1, -0.05) is 23.2 Å². The Morgan fingerprint density at radius 1 is 1.11 bits per heavy atom. The number of pyridine rings is 1. The number of nitrogens with zero attached hydrogens (tertiary/aromatic N) is 1. The summed E-state index contributed by atoms with van der Waals surface area (Å²) in [7, 11) is 0. The lowest BCUT2D eigenvalue weighted by Gasteiger charge is -2.14. The number of hydrogen-bond acceptors (Lipinski definition) is 1. The highest BCUT2D eigenvalue weighted by atomic mass is 127. The molecule has 0 unspecified atom stereocenters. The van der Waals surface area contributed by atoms with Crippen molar-refractivity contribution in [3.05, 3.63) is 49.6 Å². The third kappa shape index (κ3) is 3.14. The average molecular weight is 418 g/mol. The maximum atomic E-state index is 13.1. The molecular weight excluding hydrogens is 413 g/mol. The van der Waals surface area contributed by atoms with Crippen LogP contribution in [0.3, 0.4) is 0 Å². The minimum Gasteiger partial charge on any atom is -0.255 e. The van der Waals surface area contributed by atoms with E-state index < -0.39 is 11.7 Å². The maximum Gasteiger partial charge on any atom is 0.419 e. The average Bonchev–Trinajstić information content (AvgIpc) is 2.26. The van der Waals surface area contributed by atoms with E-state index in [2.05, 4.69) is 4.98 Å². The Morgan fingerprint density at radius 3 is 2.37 bits per heavy atom. The van der Waals surface area contributed by atoms with Gasteiger partial charge in [0.1, 0.15) is 0 Å². The predicted molar refractivity (Wildman–Crippen MR) is 77.4 cm³/mol. The fourth-order valence-electron chi connectivity index (χ4n) is 1.59. The van der Waals surface area contributed by atoms with E-state index >= 15 is 0 Å². The van der Waals surface area contributed by atoms with Crippen LogP contribution in [0, 0.1) is 3.57 Å². The van der Waals surface area contributed by atoms with E-state index in [-0.39, 0.29) is 19.9 Å². The van der Waals surface area contributed by atoms with Gasteiger partial charge in [-0.3, -0.25) is 4.98 Å². The Morgan fingerprint density at radius 2 is 1.79 bits per heavy atom. The third-order valence-electron chi connectivity index (χ3n) is 2.37. The van der Waals surface area contributed by atoms with Gasteiger partial charge in [0.05, 0.1) is 16.3 Å². The molecule has 1 aromatic heterocycles. The molecule has 0 radical (unpaired) electrons. The Bertz CT molecular complexity index is 629. The Hall–Kier alpha value is -0.530. The zero-order chi connectivity index (χ0) is 14.2. The van der Waals surface area contributed by atoms with Crippen molar-refractivity contribution in [2.75, 3.05) is 0 Å². The highest BCUT2D eigenvalue weighted by molar-refractivity contribution is 14.1. The van der Waals surface area contributed by atoms with E-state index in [9.17, 15) is 13.2 Å². The van der Waals surface area contributed by atoms with Crippen LogP contribution in [0.25, 0.3) is 11.3 Å². The van der Waals surface area contributed by atoms with Crippen LogP contribution in [0.1, 0.15) is 5.56 Å². The molecule has 0 aliphatic rings. The van der Waals surface area contributed by atoms with Gasteiger partial charge < -0.3 is 0 Å². The Labute approximate surface area is 130 Å². The summed E-state index contributed by atoms with van der Waals surface area (Å²) in [5.74, 6) is 0. The lowest BCUT2D eigenvalue weighted by molar-refractivity contribution is -0.137. The van der Waals surface area contributed by atoms with Gasteiger partial charge in [0, 0.05) is 20.4 Å². The van der Waals surface area contributed by atoms with E-state index in [1.54, 1.807) is 22.6 Å². The molecular formula is C12H5Cl2F3IN. The van der Waals surface area contributed by atoms with Gasteiger partial charge in [0.15, 0.2) is 0 Å². The number of rotatable bonds is 1. The second-order valence-electron chi connectivity index (χ2n) is 3.64. The Balaban J connectivity index is 2.73. The summed E-state index contributed by atoms with van der Waals surface area (Å²) in [6.07, 6.45) is -3.18. The van der Waals surface area contributed by atoms with Crippen LogP contribution in [0.2, 0.25) is 10.0 Å². The predicted octanol–water partition coefficient (Wildman–Crippen LogP) is 5.68. The molecule has 0 amide bonds. The molecule has 0 saturated carbocycles. The van der Waals surface area contributed by atoms with Crippen molar-refractivity contribution in [1.29, 1.82) is 0 Å². The van der Waals surface area contributed by atoms with Crippen molar-refractivity contribution < 1.29 is 13.2 Å². The summed E-state index contributed by atoms with van der Waals surface area (Å²) in [4.78, 5) is 3.81. The maximum absolute atomic E-state index is 13.1. The highest BCUT2D eigenvalue weighted by Crippen LogP contribution is 2.41. The summed E-state index contributed by atoms with van der Waals surface area (Å²) in [6, 6.07) is 5.60. The quantitative estimate of drug-likeness (QED) is 0.544. The van der Waals surface area contributed by atoms with E-state index in [4.69, 9.17) is 23.2 Å². The van der Waals surface area contributed by atoms with Crippen molar-refractivity contribution in [1.82, 2.24) is 4.98 Å². The lowest BCUT2D eigenvalue weighted by atomic mass is 10.1. The molecule has 1 heterocycles. The molecule has 100 valence electrons. The standard InChI is InChI=1S/C12H5Cl2F3IN/c13-6-1-2-7(8(14)5-6)11-10(12(15,16)17)9(18)3-4-19-11/h1-5H. The van der Waals surface area contributed by atoms with Gasteiger partial charge in [-0.25, -0.2) is 0 Å². The van der Waals surface area contributed by atoms with E-state index in [1.165, 1.54) is 30.5 Å². The minimum absolute atomic E-state index is 0.0705. The van der Waals surface area contributed by atoms with Gasteiger partial charge in [0.2, 0.25) is 0 Å². The van der Waals surface area contributed by atoms with Gasteiger partial charge in [0.25, 0.3) is 0 Å². The van der Waals surface area contributed by atoms with Crippen molar-refractivity contribution >= 4 is 45.8 Å². The summed E-state index contributed by atoms with van der Waals surface area (Å²) in [5.41, 5.74) is -0.780. The first kappa shape index (κ1) is 14.9. The second-order valence-corrected chi connectivity index (χ2v) is 5.64. The smallest absolute Gasteiger partial charge is 0.255 e. The van der Waals surface area contributed by atoms with E-state index in [0.717, 1.165) is 0 Å². The number of hydrogen-bond donors (Lipinski definition) is 0. The molecule has 0 aliphatic carbocycles. The molecule has 0 fully saturated rings. The van der Waals surface area contributed by atoms with Gasteiger partial charge in [-0.15, -0.1) is 0 Å². The zero-order valence-electron chi connectivity index (χ0n) is 9.10. The number of alkyl halides is 3. The van der Waals surface area contributed by atoms with Gasteiger partial charge >= 0.3 is 6.18 Å². The first-order valence-electron chi connectivity index (χ1n) is 4.98. The molecule has 19 heavy (non-hydrogen) atoms. The fraction of sp³-hybridized carbons (Fsp3) is 0.0833. The molecule has 1 nitrogen and oxygen atoms in total. The zero-order valence-corrected chi connectivity index (χ0v) is 12.8. The number of benzene rings is 1. The molecule has 0 aliphatic heterocycles. The summed E-state index contributed by atoms with van der Waals surface area (Å²) < 4.78 is 39.3. The van der Waals surface area contributed by atoms with Crippen LogP contribution in [0.5, 0.6) is 0 Å². The van der Waals surface area contributed by atoms with Crippen LogP contribution < -0.4 is 0 Å². The van der Waals surface area contributed by atoms with E-state index in [0.29, 0.717) is 5.02 Å². The lowest BCUT2D eigenvalue weighted by Crippen LogP contribution is -2.11. The fourth-order valence-corrected chi connectivity index (χ4v) is 2.81. The second kappa shape index (κ2) is 5.46. The molecule has 1 aromatic carbocycles. The first-order chi connectivity index (χ1) is 8.80. The summed E-state index contributed by atoms with van der Waals surface area (Å²) in [6.45, 7) is 0. The summed E-state index contributed by atoms with van der Waals surface area (Å²) in [5, 5.41) is 0.487. The molecule has 0 N–H and O–H groups in total. The topological polar surface area (TPSA) is 12.9 Å². The molecule has 0 bridgehead atoms. The largest absolute Gasteiger partial charge is 0.419 e. The molecule has 0 atom stereocenters. The number of halogens is 6. The Kier molecular flexibility index (Phi) is 4.27. The molecule has 2 rings (SSSR count). The number of aromatic nitrogens is 1. The van der Waals surface area contributed by atoms with Crippen LogP contribution in [0.15, 0.2) is 30.5 Å².